The van der Waals surface area contributed by atoms with Crippen LogP contribution in [-0.2, 0) is 56.6 Å². The fraction of sp³-hybridized carbons (Fsp3) is 0.945. The number of carbonyl (C=O) groups is 3. The Hall–Kier alpha value is -0.326. The first-order valence-corrected chi connectivity index (χ1v) is 27.4. The van der Waals surface area contributed by atoms with Crippen molar-refractivity contribution in [2.45, 2.75) is 335 Å². The molecule has 6 nitrogen and oxygen atoms in total. The van der Waals surface area contributed by atoms with Gasteiger partial charge < -0.3 is 19.4 Å². The number of hydrogen-bond acceptors (Lipinski definition) is 6. The van der Waals surface area contributed by atoms with Crippen molar-refractivity contribution in [2.24, 2.45) is 0 Å². The molecule has 0 aliphatic rings. The van der Waals surface area contributed by atoms with E-state index in [1.807, 2.05) is 0 Å². The number of Topliss-reactive ketones (excluding diaryl/α,β-unsaturated/α-hetero) is 1. The molecule has 3 unspecified atom stereocenters. The SMILES string of the molecule is CCCCCCC(O)CCCCCCCCCCC(=O)OC(CCCCCC)CCCCCCCCCCC(=O)OC(CCCCCC)CCCCCCCCCCC(C)=O.[Y]. The zero-order valence-corrected chi connectivity index (χ0v) is 45.0. The molecule has 0 saturated carbocycles. The molecule has 365 valence electrons. The Kier molecular flexibility index (Phi) is 53.1. The number of rotatable bonds is 50. The van der Waals surface area contributed by atoms with Gasteiger partial charge in [-0.05, 0) is 90.4 Å². The van der Waals surface area contributed by atoms with Crippen LogP contribution in [0.1, 0.15) is 317 Å². The number of esters is 2. The average Bonchev–Trinajstić information content (AvgIpc) is 3.24. The molecule has 0 spiro atoms. The van der Waals surface area contributed by atoms with Crippen molar-refractivity contribution in [1.82, 2.24) is 0 Å². The summed E-state index contributed by atoms with van der Waals surface area (Å²) in [7, 11) is 0. The number of carbonyl (C=O) groups excluding carboxylic acids is 3. The van der Waals surface area contributed by atoms with Crippen molar-refractivity contribution in [2.75, 3.05) is 0 Å². The molecular weight excluding hydrogens is 846 g/mol. The van der Waals surface area contributed by atoms with Gasteiger partial charge in [0, 0.05) is 52.0 Å². The third kappa shape index (κ3) is 49.1. The minimum Gasteiger partial charge on any atom is -0.462 e. The van der Waals surface area contributed by atoms with E-state index in [-0.39, 0.29) is 63.0 Å². The molecule has 7 heteroatoms. The summed E-state index contributed by atoms with van der Waals surface area (Å²) in [6, 6.07) is 0. The fourth-order valence-electron chi connectivity index (χ4n) is 8.78. The minimum atomic E-state index is -0.0995. The Morgan fingerprint density at radius 1 is 0.339 bits per heavy atom. The van der Waals surface area contributed by atoms with Gasteiger partial charge in [-0.3, -0.25) is 9.59 Å². The van der Waals surface area contributed by atoms with Crippen LogP contribution in [0, 0.1) is 0 Å². The van der Waals surface area contributed by atoms with E-state index in [1.54, 1.807) is 6.92 Å². The molecule has 0 saturated heterocycles. The van der Waals surface area contributed by atoms with Crippen molar-refractivity contribution in [3.8, 4) is 0 Å². The van der Waals surface area contributed by atoms with Gasteiger partial charge >= 0.3 is 11.9 Å². The van der Waals surface area contributed by atoms with E-state index < -0.39 is 0 Å². The first-order valence-electron chi connectivity index (χ1n) is 27.4. The van der Waals surface area contributed by atoms with Crippen LogP contribution in [0.25, 0.3) is 0 Å². The summed E-state index contributed by atoms with van der Waals surface area (Å²) >= 11 is 0. The van der Waals surface area contributed by atoms with Crippen LogP contribution in [0.4, 0.5) is 0 Å². The van der Waals surface area contributed by atoms with Crippen LogP contribution >= 0.6 is 0 Å². The number of unbranched alkanes of at least 4 members (excludes halogenated alkanes) is 30. The zero-order valence-electron chi connectivity index (χ0n) is 42.1. The molecule has 0 aliphatic carbocycles. The first-order chi connectivity index (χ1) is 29.8. The van der Waals surface area contributed by atoms with Crippen molar-refractivity contribution in [3.05, 3.63) is 0 Å². The third-order valence-corrected chi connectivity index (χ3v) is 12.9. The second-order valence-corrected chi connectivity index (χ2v) is 19.2. The van der Waals surface area contributed by atoms with E-state index in [4.69, 9.17) is 9.47 Å². The third-order valence-electron chi connectivity index (χ3n) is 12.9. The van der Waals surface area contributed by atoms with E-state index in [0.717, 1.165) is 109 Å². The first kappa shape index (κ1) is 63.8. The summed E-state index contributed by atoms with van der Waals surface area (Å²) < 4.78 is 12.1. The van der Waals surface area contributed by atoms with Crippen LogP contribution in [0.3, 0.4) is 0 Å². The second kappa shape index (κ2) is 51.7. The Morgan fingerprint density at radius 3 is 0.839 bits per heavy atom. The quantitative estimate of drug-likeness (QED) is 0.0483. The molecular formula is C55H106O6Y. The summed E-state index contributed by atoms with van der Waals surface area (Å²) in [5.41, 5.74) is 0. The molecule has 0 aromatic rings. The molecule has 0 bridgehead atoms. The second-order valence-electron chi connectivity index (χ2n) is 19.2. The van der Waals surface area contributed by atoms with Gasteiger partial charge in [0.25, 0.3) is 0 Å². The fourth-order valence-corrected chi connectivity index (χ4v) is 8.78. The summed E-state index contributed by atoms with van der Waals surface area (Å²) in [6.07, 6.45) is 50.9. The number of ether oxygens (including phenoxy) is 2. The molecule has 0 aliphatic heterocycles. The van der Waals surface area contributed by atoms with E-state index >= 15 is 0 Å². The van der Waals surface area contributed by atoms with Crippen LogP contribution in [0.2, 0.25) is 0 Å². The van der Waals surface area contributed by atoms with E-state index in [1.165, 1.54) is 167 Å². The minimum absolute atomic E-state index is 0. The smallest absolute Gasteiger partial charge is 0.306 e. The molecule has 3 atom stereocenters. The maximum absolute atomic E-state index is 12.8. The van der Waals surface area contributed by atoms with Crippen molar-refractivity contribution < 1.29 is 61.7 Å². The van der Waals surface area contributed by atoms with Gasteiger partial charge in [-0.25, -0.2) is 0 Å². The largest absolute Gasteiger partial charge is 0.462 e. The predicted molar refractivity (Wildman–Crippen MR) is 261 cm³/mol. The van der Waals surface area contributed by atoms with Crippen molar-refractivity contribution in [1.29, 1.82) is 0 Å². The van der Waals surface area contributed by atoms with E-state index in [2.05, 4.69) is 20.8 Å². The van der Waals surface area contributed by atoms with Crippen LogP contribution in [0.5, 0.6) is 0 Å². The number of aliphatic hydroxyl groups is 1. The van der Waals surface area contributed by atoms with Crippen LogP contribution < -0.4 is 0 Å². The Morgan fingerprint density at radius 2 is 0.565 bits per heavy atom. The Labute approximate surface area is 411 Å². The summed E-state index contributed by atoms with van der Waals surface area (Å²) in [6.45, 7) is 8.40. The Bertz CT molecular complexity index is 943. The molecule has 0 fully saturated rings. The maximum Gasteiger partial charge on any atom is 0.306 e. The van der Waals surface area contributed by atoms with Crippen LogP contribution in [0.15, 0.2) is 0 Å². The van der Waals surface area contributed by atoms with E-state index in [0.29, 0.717) is 18.6 Å². The molecule has 0 heterocycles. The molecule has 0 rings (SSSR count). The standard InChI is InChI=1S/C55H106O6.Y/c1-5-8-11-33-42-51(57)43-34-27-21-15-18-24-30-39-48-54(58)61-53(45-36-13-10-7-3)47-38-29-23-17-19-25-31-40-49-55(59)60-52(44-35-12-9-6-2)46-37-28-22-16-14-20-26-32-41-50(4)56;/h51-53,57H,5-49H2,1-4H3;. The van der Waals surface area contributed by atoms with Crippen molar-refractivity contribution >= 4 is 17.7 Å². The monoisotopic (exact) mass is 952 g/mol. The van der Waals surface area contributed by atoms with Crippen LogP contribution in [-0.4, -0.2) is 41.1 Å². The van der Waals surface area contributed by atoms with E-state index in [9.17, 15) is 19.5 Å². The number of aliphatic hydroxyl groups excluding tert-OH is 1. The molecule has 0 aromatic heterocycles. The van der Waals surface area contributed by atoms with Gasteiger partial charge in [-0.1, -0.05) is 207 Å². The average molecular weight is 952 g/mol. The van der Waals surface area contributed by atoms with Gasteiger partial charge in [0.05, 0.1) is 6.10 Å². The van der Waals surface area contributed by atoms with Gasteiger partial charge in [0.1, 0.15) is 18.0 Å². The summed E-state index contributed by atoms with van der Waals surface area (Å²) in [5, 5.41) is 10.2. The van der Waals surface area contributed by atoms with Crippen molar-refractivity contribution in [3.63, 3.8) is 0 Å². The Balaban J connectivity index is 0. The van der Waals surface area contributed by atoms with Gasteiger partial charge in [0.15, 0.2) is 0 Å². The maximum atomic E-state index is 12.8. The molecule has 0 aromatic carbocycles. The molecule has 1 radical (unpaired) electrons. The topological polar surface area (TPSA) is 89.9 Å². The number of ketones is 1. The number of hydrogen-bond donors (Lipinski definition) is 1. The molecule has 0 amide bonds. The van der Waals surface area contributed by atoms with Gasteiger partial charge in [0.2, 0.25) is 0 Å². The zero-order chi connectivity index (χ0) is 44.7. The normalized spacial score (nSPS) is 12.8. The summed E-state index contributed by atoms with van der Waals surface area (Å²) in [5.74, 6) is 0.329. The summed E-state index contributed by atoms with van der Waals surface area (Å²) in [4.78, 5) is 36.6. The van der Waals surface area contributed by atoms with Gasteiger partial charge in [-0.15, -0.1) is 0 Å². The van der Waals surface area contributed by atoms with Gasteiger partial charge in [-0.2, -0.15) is 0 Å². The molecule has 62 heavy (non-hydrogen) atoms. The molecule has 1 N–H and O–H groups in total. The predicted octanol–water partition coefficient (Wildman–Crippen LogP) is 17.4.